The molecule has 0 aliphatic carbocycles. The van der Waals surface area contributed by atoms with E-state index in [-0.39, 0.29) is 12.1 Å². The van der Waals surface area contributed by atoms with Gasteiger partial charge in [0.05, 0.1) is 6.42 Å². The number of esters is 1. The van der Waals surface area contributed by atoms with Crippen LogP contribution in [0, 0.1) is 11.5 Å². The lowest BCUT2D eigenvalue weighted by Gasteiger charge is -2.05. The molecule has 0 radical (unpaired) electrons. The SMILES string of the molecule is C[Si](C)(C)C#CC1CCC(=O)O1. The van der Waals surface area contributed by atoms with Crippen LogP contribution in [0.5, 0.6) is 0 Å². The molecule has 1 rings (SSSR count). The molecule has 1 atom stereocenters. The van der Waals surface area contributed by atoms with Gasteiger partial charge in [-0.1, -0.05) is 25.6 Å². The van der Waals surface area contributed by atoms with Gasteiger partial charge in [0.2, 0.25) is 0 Å². The Kier molecular flexibility index (Phi) is 2.58. The minimum Gasteiger partial charge on any atom is -0.449 e. The van der Waals surface area contributed by atoms with Crippen molar-refractivity contribution in [2.24, 2.45) is 0 Å². The van der Waals surface area contributed by atoms with Gasteiger partial charge in [-0.3, -0.25) is 4.79 Å². The Balaban J connectivity index is 2.50. The average molecular weight is 182 g/mol. The summed E-state index contributed by atoms with van der Waals surface area (Å²) in [7, 11) is -1.30. The fourth-order valence-corrected chi connectivity index (χ4v) is 1.52. The molecule has 0 N–H and O–H groups in total. The van der Waals surface area contributed by atoms with Gasteiger partial charge >= 0.3 is 5.97 Å². The first-order valence-electron chi connectivity index (χ1n) is 4.19. The minimum absolute atomic E-state index is 0.107. The molecule has 66 valence electrons. The molecule has 0 bridgehead atoms. The van der Waals surface area contributed by atoms with E-state index < -0.39 is 8.07 Å². The molecule has 0 aromatic carbocycles. The summed E-state index contributed by atoms with van der Waals surface area (Å²) in [6.07, 6.45) is 1.19. The lowest BCUT2D eigenvalue weighted by Crippen LogP contribution is -2.17. The third-order valence-corrected chi connectivity index (χ3v) is 2.39. The summed E-state index contributed by atoms with van der Waals surface area (Å²) in [5, 5.41) is 0. The zero-order chi connectivity index (χ0) is 9.19. The molecule has 0 saturated carbocycles. The molecule has 1 heterocycles. The van der Waals surface area contributed by atoms with E-state index in [4.69, 9.17) is 4.74 Å². The number of hydrogen-bond donors (Lipinski definition) is 0. The van der Waals surface area contributed by atoms with Crippen LogP contribution in [-0.4, -0.2) is 20.1 Å². The van der Waals surface area contributed by atoms with Gasteiger partial charge in [-0.2, -0.15) is 0 Å². The Morgan fingerprint density at radius 2 is 2.17 bits per heavy atom. The summed E-state index contributed by atoms with van der Waals surface area (Å²) in [6, 6.07) is 0. The number of rotatable bonds is 0. The van der Waals surface area contributed by atoms with Gasteiger partial charge in [-0.25, -0.2) is 0 Å². The number of carbonyl (C=O) groups excluding carboxylic acids is 1. The Labute approximate surface area is 74.3 Å². The summed E-state index contributed by atoms with van der Waals surface area (Å²) in [5.41, 5.74) is 3.20. The summed E-state index contributed by atoms with van der Waals surface area (Å²) in [6.45, 7) is 6.53. The molecule has 0 aromatic rings. The predicted octanol–water partition coefficient (Wildman–Crippen LogP) is 1.57. The average Bonchev–Trinajstić information content (AvgIpc) is 2.30. The van der Waals surface area contributed by atoms with Crippen molar-refractivity contribution in [3.05, 3.63) is 0 Å². The maximum absolute atomic E-state index is 10.7. The van der Waals surface area contributed by atoms with Crippen LogP contribution in [0.1, 0.15) is 12.8 Å². The predicted molar refractivity (Wildman–Crippen MR) is 50.2 cm³/mol. The molecule has 1 aliphatic rings. The Morgan fingerprint density at radius 1 is 1.50 bits per heavy atom. The molecule has 1 aliphatic heterocycles. The number of cyclic esters (lactones) is 1. The van der Waals surface area contributed by atoms with Crippen LogP contribution >= 0.6 is 0 Å². The van der Waals surface area contributed by atoms with E-state index in [1.54, 1.807) is 0 Å². The minimum atomic E-state index is -1.30. The Morgan fingerprint density at radius 3 is 2.58 bits per heavy atom. The van der Waals surface area contributed by atoms with Crippen LogP contribution in [0.4, 0.5) is 0 Å². The highest BCUT2D eigenvalue weighted by atomic mass is 28.3. The van der Waals surface area contributed by atoms with Crippen molar-refractivity contribution in [2.75, 3.05) is 0 Å². The van der Waals surface area contributed by atoms with E-state index in [2.05, 4.69) is 31.1 Å². The first-order chi connectivity index (χ1) is 5.47. The summed E-state index contributed by atoms with van der Waals surface area (Å²) in [4.78, 5) is 10.7. The van der Waals surface area contributed by atoms with Gasteiger partial charge in [-0.05, 0) is 0 Å². The Bertz CT molecular complexity index is 241. The van der Waals surface area contributed by atoms with E-state index in [0.29, 0.717) is 6.42 Å². The van der Waals surface area contributed by atoms with Crippen molar-refractivity contribution in [1.82, 2.24) is 0 Å². The second kappa shape index (κ2) is 3.32. The second-order valence-electron chi connectivity index (χ2n) is 4.04. The zero-order valence-corrected chi connectivity index (χ0v) is 8.81. The molecule has 1 saturated heterocycles. The molecule has 12 heavy (non-hydrogen) atoms. The largest absolute Gasteiger partial charge is 0.449 e. The van der Waals surface area contributed by atoms with Crippen molar-refractivity contribution in [3.63, 3.8) is 0 Å². The van der Waals surface area contributed by atoms with Gasteiger partial charge in [0.1, 0.15) is 8.07 Å². The smallest absolute Gasteiger partial charge is 0.307 e. The maximum Gasteiger partial charge on any atom is 0.307 e. The summed E-state index contributed by atoms with van der Waals surface area (Å²) in [5.74, 6) is 2.91. The van der Waals surface area contributed by atoms with Crippen LogP contribution in [0.25, 0.3) is 0 Å². The quantitative estimate of drug-likeness (QED) is 0.323. The number of carbonyl (C=O) groups is 1. The highest BCUT2D eigenvalue weighted by Crippen LogP contribution is 2.12. The fraction of sp³-hybridized carbons (Fsp3) is 0.667. The molecule has 2 nitrogen and oxygen atoms in total. The fourth-order valence-electron chi connectivity index (χ4n) is 0.924. The van der Waals surface area contributed by atoms with Crippen LogP contribution < -0.4 is 0 Å². The van der Waals surface area contributed by atoms with Crippen LogP contribution in [-0.2, 0) is 9.53 Å². The van der Waals surface area contributed by atoms with E-state index in [0.717, 1.165) is 6.42 Å². The van der Waals surface area contributed by atoms with E-state index in [1.807, 2.05) is 0 Å². The molecule has 3 heteroatoms. The maximum atomic E-state index is 10.7. The lowest BCUT2D eigenvalue weighted by molar-refractivity contribution is -0.139. The molecular weight excluding hydrogens is 168 g/mol. The van der Waals surface area contributed by atoms with Crippen LogP contribution in [0.3, 0.4) is 0 Å². The molecule has 1 fully saturated rings. The van der Waals surface area contributed by atoms with Gasteiger partial charge in [-0.15, -0.1) is 5.54 Å². The van der Waals surface area contributed by atoms with E-state index in [1.165, 1.54) is 0 Å². The van der Waals surface area contributed by atoms with Crippen molar-refractivity contribution in [1.29, 1.82) is 0 Å². The van der Waals surface area contributed by atoms with Gasteiger partial charge < -0.3 is 4.74 Å². The normalized spacial score (nSPS) is 22.9. The van der Waals surface area contributed by atoms with Gasteiger partial charge in [0, 0.05) is 6.42 Å². The third-order valence-electron chi connectivity index (χ3n) is 1.49. The van der Waals surface area contributed by atoms with E-state index in [9.17, 15) is 4.79 Å². The van der Waals surface area contributed by atoms with Crippen molar-refractivity contribution in [3.8, 4) is 11.5 Å². The topological polar surface area (TPSA) is 26.3 Å². The summed E-state index contributed by atoms with van der Waals surface area (Å²) >= 11 is 0. The van der Waals surface area contributed by atoms with Crippen molar-refractivity contribution < 1.29 is 9.53 Å². The molecule has 0 amide bonds. The highest BCUT2D eigenvalue weighted by molar-refractivity contribution is 6.83. The zero-order valence-electron chi connectivity index (χ0n) is 7.81. The van der Waals surface area contributed by atoms with Gasteiger partial charge in [0.15, 0.2) is 6.10 Å². The first kappa shape index (κ1) is 9.34. The highest BCUT2D eigenvalue weighted by Gasteiger charge is 2.21. The monoisotopic (exact) mass is 182 g/mol. The van der Waals surface area contributed by atoms with Crippen molar-refractivity contribution in [2.45, 2.75) is 38.6 Å². The van der Waals surface area contributed by atoms with Crippen LogP contribution in [0.2, 0.25) is 19.6 Å². The van der Waals surface area contributed by atoms with Crippen molar-refractivity contribution >= 4 is 14.0 Å². The number of ether oxygens (including phenoxy) is 1. The third kappa shape index (κ3) is 3.10. The molecule has 1 unspecified atom stereocenters. The summed E-state index contributed by atoms with van der Waals surface area (Å²) < 4.78 is 4.97. The molecular formula is C9H14O2Si. The first-order valence-corrected chi connectivity index (χ1v) is 7.69. The van der Waals surface area contributed by atoms with E-state index >= 15 is 0 Å². The van der Waals surface area contributed by atoms with Crippen LogP contribution in [0.15, 0.2) is 0 Å². The van der Waals surface area contributed by atoms with Gasteiger partial charge in [0.25, 0.3) is 0 Å². The number of hydrogen-bond acceptors (Lipinski definition) is 2. The Hall–Kier alpha value is -0.753. The lowest BCUT2D eigenvalue weighted by atomic mass is 10.2. The standard InChI is InChI=1S/C9H14O2Si/c1-12(2,3)7-6-8-4-5-9(10)11-8/h8H,4-5H2,1-3H3. The second-order valence-corrected chi connectivity index (χ2v) is 8.79. The molecule has 0 spiro atoms. The molecule has 0 aromatic heterocycles.